The molecule has 1 rings (SSSR count). The second-order valence-electron chi connectivity index (χ2n) is 3.07. The monoisotopic (exact) mass is 194 g/mol. The summed E-state index contributed by atoms with van der Waals surface area (Å²) in [7, 11) is 0. The Labute approximate surface area is 85.2 Å². The van der Waals surface area contributed by atoms with Crippen molar-refractivity contribution in [3.8, 4) is 0 Å². The van der Waals surface area contributed by atoms with Gasteiger partial charge in [0.1, 0.15) is 0 Å². The summed E-state index contributed by atoms with van der Waals surface area (Å²) in [5, 5.41) is 0.829. The highest BCUT2D eigenvalue weighted by Crippen LogP contribution is 2.16. The minimum atomic E-state index is 0.829. The lowest BCUT2D eigenvalue weighted by Crippen LogP contribution is -1.73. The molecule has 0 aliphatic heterocycles. The van der Waals surface area contributed by atoms with Gasteiger partial charge in [-0.1, -0.05) is 61.7 Å². The molecule has 0 heterocycles. The van der Waals surface area contributed by atoms with E-state index >= 15 is 0 Å². The van der Waals surface area contributed by atoms with Crippen LogP contribution < -0.4 is 0 Å². The van der Waals surface area contributed by atoms with Crippen LogP contribution in [0.2, 0.25) is 5.02 Å². The first-order chi connectivity index (χ1) is 6.34. The standard InChI is InChI=1S/C12H15Cl/c1-2-3-4-5-8-11-9-6-7-10-12(11)13/h5-10H,2-4H2,1H3. The zero-order valence-electron chi connectivity index (χ0n) is 7.96. The van der Waals surface area contributed by atoms with E-state index in [4.69, 9.17) is 11.6 Å². The molecule has 0 bridgehead atoms. The SMILES string of the molecule is CCCCC=Cc1ccccc1Cl. The number of benzene rings is 1. The van der Waals surface area contributed by atoms with E-state index in [2.05, 4.69) is 19.1 Å². The van der Waals surface area contributed by atoms with Crippen molar-refractivity contribution in [2.75, 3.05) is 0 Å². The molecular formula is C12H15Cl. The number of hydrogen-bond acceptors (Lipinski definition) is 0. The van der Waals surface area contributed by atoms with Crippen LogP contribution in [0.5, 0.6) is 0 Å². The predicted molar refractivity (Wildman–Crippen MR) is 60.0 cm³/mol. The zero-order chi connectivity index (χ0) is 9.52. The van der Waals surface area contributed by atoms with Gasteiger partial charge in [-0.05, 0) is 18.1 Å². The van der Waals surface area contributed by atoms with Crippen molar-refractivity contribution in [3.05, 3.63) is 40.9 Å². The van der Waals surface area contributed by atoms with Crippen molar-refractivity contribution >= 4 is 17.7 Å². The highest BCUT2D eigenvalue weighted by molar-refractivity contribution is 6.32. The molecule has 0 nitrogen and oxygen atoms in total. The van der Waals surface area contributed by atoms with E-state index in [1.807, 2.05) is 24.3 Å². The van der Waals surface area contributed by atoms with Gasteiger partial charge in [-0.2, -0.15) is 0 Å². The van der Waals surface area contributed by atoms with Crippen LogP contribution in [-0.2, 0) is 0 Å². The maximum atomic E-state index is 5.99. The van der Waals surface area contributed by atoms with Crippen molar-refractivity contribution < 1.29 is 0 Å². The fourth-order valence-corrected chi connectivity index (χ4v) is 1.34. The van der Waals surface area contributed by atoms with Crippen LogP contribution in [0.3, 0.4) is 0 Å². The molecule has 0 aliphatic rings. The van der Waals surface area contributed by atoms with Crippen LogP contribution in [0.1, 0.15) is 31.7 Å². The Balaban J connectivity index is 2.53. The molecular weight excluding hydrogens is 180 g/mol. The van der Waals surface area contributed by atoms with Crippen LogP contribution in [-0.4, -0.2) is 0 Å². The average molecular weight is 195 g/mol. The zero-order valence-corrected chi connectivity index (χ0v) is 8.72. The van der Waals surface area contributed by atoms with Crippen molar-refractivity contribution in [3.63, 3.8) is 0 Å². The van der Waals surface area contributed by atoms with Gasteiger partial charge >= 0.3 is 0 Å². The van der Waals surface area contributed by atoms with E-state index in [0.717, 1.165) is 17.0 Å². The van der Waals surface area contributed by atoms with E-state index in [-0.39, 0.29) is 0 Å². The third kappa shape index (κ3) is 3.65. The Bertz CT molecular complexity index is 276. The van der Waals surface area contributed by atoms with Crippen LogP contribution in [0.4, 0.5) is 0 Å². The largest absolute Gasteiger partial charge is 0.0839 e. The molecule has 0 radical (unpaired) electrons. The van der Waals surface area contributed by atoms with Gasteiger partial charge < -0.3 is 0 Å². The molecule has 1 aromatic carbocycles. The first-order valence-electron chi connectivity index (χ1n) is 4.75. The summed E-state index contributed by atoms with van der Waals surface area (Å²) in [6.45, 7) is 2.20. The topological polar surface area (TPSA) is 0 Å². The molecule has 0 saturated carbocycles. The quantitative estimate of drug-likeness (QED) is 0.618. The summed E-state index contributed by atoms with van der Waals surface area (Å²) in [5.74, 6) is 0. The second-order valence-corrected chi connectivity index (χ2v) is 3.47. The molecule has 0 aromatic heterocycles. The lowest BCUT2D eigenvalue weighted by Gasteiger charge is -1.95. The number of halogens is 1. The third-order valence-corrected chi connectivity index (χ3v) is 2.27. The minimum absolute atomic E-state index is 0.829. The molecule has 0 fully saturated rings. The van der Waals surface area contributed by atoms with Gasteiger partial charge in [0.25, 0.3) is 0 Å². The molecule has 0 aliphatic carbocycles. The molecule has 0 saturated heterocycles. The Morgan fingerprint density at radius 1 is 1.31 bits per heavy atom. The third-order valence-electron chi connectivity index (χ3n) is 1.93. The fraction of sp³-hybridized carbons (Fsp3) is 0.333. The molecule has 1 heteroatoms. The van der Waals surface area contributed by atoms with Crippen molar-refractivity contribution in [1.29, 1.82) is 0 Å². The summed E-state index contributed by atoms with van der Waals surface area (Å²) < 4.78 is 0. The van der Waals surface area contributed by atoms with Crippen molar-refractivity contribution in [1.82, 2.24) is 0 Å². The molecule has 0 N–H and O–H groups in total. The van der Waals surface area contributed by atoms with Gasteiger partial charge in [-0.25, -0.2) is 0 Å². The van der Waals surface area contributed by atoms with E-state index in [0.29, 0.717) is 0 Å². The molecule has 1 aromatic rings. The minimum Gasteiger partial charge on any atom is -0.0839 e. The number of unbranched alkanes of at least 4 members (excludes halogenated alkanes) is 2. The van der Waals surface area contributed by atoms with Gasteiger partial charge in [-0.15, -0.1) is 0 Å². The van der Waals surface area contributed by atoms with Crippen LogP contribution in [0.25, 0.3) is 6.08 Å². The summed E-state index contributed by atoms with van der Waals surface area (Å²) in [4.78, 5) is 0. The molecule has 0 spiro atoms. The number of allylic oxidation sites excluding steroid dienone is 1. The summed E-state index contributed by atoms with van der Waals surface area (Å²) in [6.07, 6.45) is 7.91. The highest BCUT2D eigenvalue weighted by Gasteiger charge is 1.91. The normalized spacial score (nSPS) is 10.9. The average Bonchev–Trinajstić information content (AvgIpc) is 2.15. The molecule has 13 heavy (non-hydrogen) atoms. The predicted octanol–water partition coefficient (Wildman–Crippen LogP) is 4.54. The maximum absolute atomic E-state index is 5.99. The fourth-order valence-electron chi connectivity index (χ4n) is 1.14. The molecule has 0 unspecified atom stereocenters. The Morgan fingerprint density at radius 2 is 2.08 bits per heavy atom. The number of rotatable bonds is 4. The second kappa shape index (κ2) is 5.82. The van der Waals surface area contributed by atoms with Crippen LogP contribution >= 0.6 is 11.6 Å². The lowest BCUT2D eigenvalue weighted by molar-refractivity contribution is 0.816. The smallest absolute Gasteiger partial charge is 0.0478 e. The Morgan fingerprint density at radius 3 is 2.77 bits per heavy atom. The molecule has 0 atom stereocenters. The van der Waals surface area contributed by atoms with Crippen LogP contribution in [0, 0.1) is 0 Å². The molecule has 0 amide bonds. The van der Waals surface area contributed by atoms with Crippen molar-refractivity contribution in [2.24, 2.45) is 0 Å². The first-order valence-corrected chi connectivity index (χ1v) is 5.13. The van der Waals surface area contributed by atoms with E-state index in [1.165, 1.54) is 12.8 Å². The lowest BCUT2D eigenvalue weighted by atomic mass is 10.2. The van der Waals surface area contributed by atoms with E-state index in [9.17, 15) is 0 Å². The maximum Gasteiger partial charge on any atom is 0.0478 e. The van der Waals surface area contributed by atoms with Gasteiger partial charge in [0.2, 0.25) is 0 Å². The van der Waals surface area contributed by atoms with Gasteiger partial charge in [0.15, 0.2) is 0 Å². The van der Waals surface area contributed by atoms with E-state index in [1.54, 1.807) is 0 Å². The molecule has 70 valence electrons. The summed E-state index contributed by atoms with van der Waals surface area (Å²) >= 11 is 5.99. The Hall–Kier alpha value is -0.750. The van der Waals surface area contributed by atoms with E-state index < -0.39 is 0 Å². The first kappa shape index (κ1) is 10.3. The summed E-state index contributed by atoms with van der Waals surface area (Å²) in [6, 6.07) is 7.91. The summed E-state index contributed by atoms with van der Waals surface area (Å²) in [5.41, 5.74) is 1.11. The van der Waals surface area contributed by atoms with Gasteiger partial charge in [0, 0.05) is 5.02 Å². The highest BCUT2D eigenvalue weighted by atomic mass is 35.5. The van der Waals surface area contributed by atoms with Crippen molar-refractivity contribution in [2.45, 2.75) is 26.2 Å². The number of hydrogen-bond donors (Lipinski definition) is 0. The van der Waals surface area contributed by atoms with Crippen LogP contribution in [0.15, 0.2) is 30.3 Å². The van der Waals surface area contributed by atoms with Gasteiger partial charge in [-0.3, -0.25) is 0 Å². The van der Waals surface area contributed by atoms with Gasteiger partial charge in [0.05, 0.1) is 0 Å². The Kier molecular flexibility index (Phi) is 4.63.